The fourth-order valence-corrected chi connectivity index (χ4v) is 0.776. The predicted octanol–water partition coefficient (Wildman–Crippen LogP) is 1.49. The molecule has 2 nitrogen and oxygen atoms in total. The van der Waals surface area contributed by atoms with E-state index in [2.05, 4.69) is 10.2 Å². The van der Waals surface area contributed by atoms with E-state index in [0.717, 1.165) is 18.9 Å². The van der Waals surface area contributed by atoms with Gasteiger partial charge in [0.2, 0.25) is 0 Å². The van der Waals surface area contributed by atoms with E-state index < -0.39 is 0 Å². The third-order valence-electron chi connectivity index (χ3n) is 1.09. The first-order valence-electron chi connectivity index (χ1n) is 3.28. The summed E-state index contributed by atoms with van der Waals surface area (Å²) in [7, 11) is 6.58. The lowest BCUT2D eigenvalue weighted by atomic mass is 10.3. The summed E-state index contributed by atoms with van der Waals surface area (Å²) < 4.78 is 9.74. The smallest absolute Gasteiger partial charge is 0.274 e. The first-order valence-corrected chi connectivity index (χ1v) is 3.98. The Morgan fingerprint density at radius 2 is 2.00 bits per heavy atom. The second-order valence-corrected chi connectivity index (χ2v) is 2.32. The molecule has 0 saturated heterocycles. The third kappa shape index (κ3) is 4.44. The van der Waals surface area contributed by atoms with Crippen molar-refractivity contribution >= 4 is 10.2 Å². The van der Waals surface area contributed by atoms with Gasteiger partial charge in [0.1, 0.15) is 0 Å². The van der Waals surface area contributed by atoms with Gasteiger partial charge >= 0.3 is 0 Å². The van der Waals surface area contributed by atoms with Crippen LogP contribution in [0, 0.1) is 0 Å². The van der Waals surface area contributed by atoms with E-state index in [1.807, 2.05) is 6.08 Å². The standard InChI is InChI=1S/C7H13O2Si/c1-8-7(9-2)5-3-4-6-10/h5H,3-4,6H2,1-2H3. The summed E-state index contributed by atoms with van der Waals surface area (Å²) in [6.45, 7) is 0. The molecule has 10 heavy (non-hydrogen) atoms. The number of ether oxygens (including phenoxy) is 2. The lowest BCUT2D eigenvalue weighted by Gasteiger charge is -2.02. The number of hydrogen-bond donors (Lipinski definition) is 0. The Kier molecular flexibility index (Phi) is 6.38. The van der Waals surface area contributed by atoms with Gasteiger partial charge < -0.3 is 9.47 Å². The van der Waals surface area contributed by atoms with Gasteiger partial charge in [-0.2, -0.15) is 0 Å². The van der Waals surface area contributed by atoms with Crippen LogP contribution in [0.25, 0.3) is 0 Å². The maximum atomic E-state index is 4.87. The van der Waals surface area contributed by atoms with E-state index in [0.29, 0.717) is 5.95 Å². The Labute approximate surface area is 65.6 Å². The molecule has 0 aliphatic heterocycles. The zero-order valence-electron chi connectivity index (χ0n) is 6.52. The van der Waals surface area contributed by atoms with Crippen LogP contribution < -0.4 is 0 Å². The van der Waals surface area contributed by atoms with Crippen molar-refractivity contribution in [2.75, 3.05) is 14.2 Å². The van der Waals surface area contributed by atoms with Gasteiger partial charge in [0.15, 0.2) is 0 Å². The van der Waals surface area contributed by atoms with Gasteiger partial charge in [-0.05, 0) is 12.5 Å². The zero-order valence-corrected chi connectivity index (χ0v) is 7.52. The number of allylic oxidation sites excluding steroid dienone is 1. The highest BCUT2D eigenvalue weighted by Crippen LogP contribution is 2.01. The van der Waals surface area contributed by atoms with Crippen molar-refractivity contribution in [3.05, 3.63) is 12.0 Å². The third-order valence-corrected chi connectivity index (χ3v) is 1.45. The van der Waals surface area contributed by atoms with Crippen LogP contribution in [0.2, 0.25) is 6.04 Å². The summed E-state index contributed by atoms with van der Waals surface area (Å²) in [6.07, 6.45) is 4.02. The highest BCUT2D eigenvalue weighted by Gasteiger charge is 1.89. The minimum Gasteiger partial charge on any atom is -0.469 e. The minimum atomic E-state index is 0.597. The molecule has 57 valence electrons. The number of hydrogen-bond acceptors (Lipinski definition) is 2. The zero-order chi connectivity index (χ0) is 7.82. The molecule has 0 aliphatic carbocycles. The van der Waals surface area contributed by atoms with Crippen LogP contribution in [0.15, 0.2) is 12.0 Å². The highest BCUT2D eigenvalue weighted by molar-refractivity contribution is 6.08. The second-order valence-electron chi connectivity index (χ2n) is 1.82. The average molecular weight is 157 g/mol. The summed E-state index contributed by atoms with van der Waals surface area (Å²) in [5, 5.41) is 0. The molecule has 0 aromatic heterocycles. The van der Waals surface area contributed by atoms with Crippen molar-refractivity contribution in [1.29, 1.82) is 0 Å². The first kappa shape index (κ1) is 9.56. The number of methoxy groups -OCH3 is 2. The van der Waals surface area contributed by atoms with Crippen LogP contribution in [0.1, 0.15) is 12.8 Å². The van der Waals surface area contributed by atoms with E-state index in [1.54, 1.807) is 14.2 Å². The molecule has 0 aromatic rings. The van der Waals surface area contributed by atoms with Gasteiger partial charge in [-0.25, -0.2) is 0 Å². The predicted molar refractivity (Wildman–Crippen MR) is 41.9 cm³/mol. The molecule has 0 spiro atoms. The van der Waals surface area contributed by atoms with Gasteiger partial charge in [0.25, 0.3) is 5.95 Å². The maximum absolute atomic E-state index is 4.87. The molecule has 0 saturated carbocycles. The molecular formula is C7H13O2Si. The van der Waals surface area contributed by atoms with Crippen molar-refractivity contribution in [1.82, 2.24) is 0 Å². The van der Waals surface area contributed by atoms with Crippen molar-refractivity contribution in [2.45, 2.75) is 18.9 Å². The summed E-state index contributed by atoms with van der Waals surface area (Å²) in [5.41, 5.74) is 0. The van der Waals surface area contributed by atoms with E-state index in [-0.39, 0.29) is 0 Å². The van der Waals surface area contributed by atoms with Gasteiger partial charge in [-0.1, -0.05) is 12.5 Å². The molecule has 0 bridgehead atoms. The Balaban J connectivity index is 3.43. The Morgan fingerprint density at radius 3 is 2.40 bits per heavy atom. The van der Waals surface area contributed by atoms with Crippen molar-refractivity contribution in [2.24, 2.45) is 0 Å². The van der Waals surface area contributed by atoms with E-state index >= 15 is 0 Å². The molecule has 0 fully saturated rings. The molecule has 0 aromatic carbocycles. The van der Waals surface area contributed by atoms with Crippen molar-refractivity contribution < 1.29 is 9.47 Å². The maximum Gasteiger partial charge on any atom is 0.274 e. The van der Waals surface area contributed by atoms with Crippen LogP contribution in [-0.2, 0) is 9.47 Å². The SMILES string of the molecule is COC(=CCCC[Si])OC. The minimum absolute atomic E-state index is 0.597. The second kappa shape index (κ2) is 6.67. The molecule has 3 heteroatoms. The van der Waals surface area contributed by atoms with Crippen LogP contribution in [0.5, 0.6) is 0 Å². The lowest BCUT2D eigenvalue weighted by molar-refractivity contribution is 0.0939. The van der Waals surface area contributed by atoms with Gasteiger partial charge in [0.05, 0.1) is 14.2 Å². The Morgan fingerprint density at radius 1 is 1.40 bits per heavy atom. The van der Waals surface area contributed by atoms with E-state index in [9.17, 15) is 0 Å². The number of unbranched alkanes of at least 4 members (excludes halogenated alkanes) is 1. The molecule has 0 aliphatic rings. The molecule has 0 rings (SSSR count). The summed E-state index contributed by atoms with van der Waals surface area (Å²) in [6, 6.07) is 1.01. The first-order chi connectivity index (χ1) is 4.85. The molecule has 0 N–H and O–H groups in total. The van der Waals surface area contributed by atoms with Crippen molar-refractivity contribution in [3.63, 3.8) is 0 Å². The fourth-order valence-electron chi connectivity index (χ4n) is 0.572. The van der Waals surface area contributed by atoms with Crippen molar-refractivity contribution in [3.8, 4) is 0 Å². The van der Waals surface area contributed by atoms with Crippen LogP contribution >= 0.6 is 0 Å². The Bertz CT molecular complexity index is 95.8. The van der Waals surface area contributed by atoms with E-state index in [1.165, 1.54) is 0 Å². The average Bonchev–Trinajstić information content (AvgIpc) is 1.99. The fraction of sp³-hybridized carbons (Fsp3) is 0.714. The van der Waals surface area contributed by atoms with E-state index in [4.69, 9.17) is 9.47 Å². The molecule has 0 unspecified atom stereocenters. The normalized spacial score (nSPS) is 8.70. The van der Waals surface area contributed by atoms with Crippen LogP contribution in [0.4, 0.5) is 0 Å². The monoisotopic (exact) mass is 157 g/mol. The molecule has 0 heterocycles. The lowest BCUT2D eigenvalue weighted by Crippen LogP contribution is -1.88. The summed E-state index contributed by atoms with van der Waals surface area (Å²) in [5.74, 6) is 0.597. The van der Waals surface area contributed by atoms with Gasteiger partial charge in [0, 0.05) is 10.2 Å². The molecular weight excluding hydrogens is 144 g/mol. The summed E-state index contributed by atoms with van der Waals surface area (Å²) >= 11 is 0. The largest absolute Gasteiger partial charge is 0.469 e. The van der Waals surface area contributed by atoms with Gasteiger partial charge in [-0.3, -0.25) is 0 Å². The van der Waals surface area contributed by atoms with Crippen LogP contribution in [-0.4, -0.2) is 24.5 Å². The Hall–Kier alpha value is -0.443. The van der Waals surface area contributed by atoms with Gasteiger partial charge in [-0.15, -0.1) is 0 Å². The number of rotatable bonds is 5. The summed E-state index contributed by atoms with van der Waals surface area (Å²) in [4.78, 5) is 0. The topological polar surface area (TPSA) is 18.5 Å². The molecule has 0 atom stereocenters. The quantitative estimate of drug-likeness (QED) is 0.342. The molecule has 3 radical (unpaired) electrons. The van der Waals surface area contributed by atoms with Crippen LogP contribution in [0.3, 0.4) is 0 Å². The molecule has 0 amide bonds. The highest BCUT2D eigenvalue weighted by atomic mass is 28.1.